The Bertz CT molecular complexity index is 1290. The van der Waals surface area contributed by atoms with Gasteiger partial charge < -0.3 is 25.0 Å². The molecule has 0 radical (unpaired) electrons. The first-order valence-corrected chi connectivity index (χ1v) is 11.1. The molecule has 1 fully saturated rings. The zero-order chi connectivity index (χ0) is 24.5. The van der Waals surface area contributed by atoms with E-state index >= 15 is 0 Å². The summed E-state index contributed by atoms with van der Waals surface area (Å²) in [5.74, 6) is -3.14. The van der Waals surface area contributed by atoms with Crippen molar-refractivity contribution < 1.29 is 23.3 Å². The number of nitrogens with zero attached hydrogens (tertiary/aromatic N) is 5. The molecule has 1 unspecified atom stereocenters. The van der Waals surface area contributed by atoms with Crippen molar-refractivity contribution in [2.45, 2.75) is 5.92 Å². The Labute approximate surface area is 199 Å². The van der Waals surface area contributed by atoms with Crippen LogP contribution in [0.15, 0.2) is 41.1 Å². The number of piperazine rings is 1. The molecule has 2 amide bonds. The molecule has 2 aromatic heterocycles. The minimum atomic E-state index is -1.01. The minimum Gasteiger partial charge on any atom is -0.382 e. The number of rotatable bonds is 5. The molecule has 35 heavy (non-hydrogen) atoms. The fourth-order valence-electron chi connectivity index (χ4n) is 4.32. The summed E-state index contributed by atoms with van der Waals surface area (Å²) < 4.78 is 19.8. The molecule has 1 aromatic carbocycles. The molecule has 12 heteroatoms. The van der Waals surface area contributed by atoms with Crippen LogP contribution in [0.4, 0.5) is 16.1 Å². The highest BCUT2D eigenvalue weighted by molar-refractivity contribution is 6.38. The van der Waals surface area contributed by atoms with E-state index in [2.05, 4.69) is 25.8 Å². The summed E-state index contributed by atoms with van der Waals surface area (Å²) in [5.41, 5.74) is 1.11. The summed E-state index contributed by atoms with van der Waals surface area (Å²) in [6.07, 6.45) is 0.981. The van der Waals surface area contributed by atoms with Gasteiger partial charge in [0.1, 0.15) is 11.5 Å². The van der Waals surface area contributed by atoms with E-state index in [1.807, 2.05) is 6.07 Å². The molecule has 2 aliphatic heterocycles. The smallest absolute Gasteiger partial charge is 0.321 e. The summed E-state index contributed by atoms with van der Waals surface area (Å²) in [6.45, 7) is 1.09. The second-order valence-electron chi connectivity index (χ2n) is 8.16. The Morgan fingerprint density at radius 2 is 1.83 bits per heavy atom. The first-order valence-electron chi connectivity index (χ1n) is 11.1. The number of ketones is 1. The number of carbonyl (C=O) groups is 3. The molecular weight excluding hydrogens is 457 g/mol. The normalized spacial score (nSPS) is 17.0. The number of amides is 2. The van der Waals surface area contributed by atoms with E-state index in [-0.39, 0.29) is 54.3 Å². The van der Waals surface area contributed by atoms with Crippen LogP contribution in [-0.2, 0) is 9.59 Å². The zero-order valence-corrected chi connectivity index (χ0v) is 18.8. The van der Waals surface area contributed by atoms with Gasteiger partial charge in [-0.05, 0) is 12.1 Å². The molecule has 0 aliphatic carbocycles. The third kappa shape index (κ3) is 4.07. The highest BCUT2D eigenvalue weighted by Gasteiger charge is 2.40. The van der Waals surface area contributed by atoms with Crippen molar-refractivity contribution in [2.75, 3.05) is 50.4 Å². The number of carbonyl (C=O) groups excluding carboxylic acids is 3. The summed E-state index contributed by atoms with van der Waals surface area (Å²) in [4.78, 5) is 50.0. The van der Waals surface area contributed by atoms with Crippen LogP contribution in [-0.4, -0.2) is 82.3 Å². The maximum absolute atomic E-state index is 14.8. The lowest BCUT2D eigenvalue weighted by atomic mass is 9.95. The van der Waals surface area contributed by atoms with Crippen LogP contribution >= 0.6 is 0 Å². The molecule has 1 atom stereocenters. The summed E-state index contributed by atoms with van der Waals surface area (Å²) >= 11 is 0. The van der Waals surface area contributed by atoms with Gasteiger partial charge in [0, 0.05) is 50.9 Å². The number of hydrogen-bond donors (Lipinski definition) is 2. The van der Waals surface area contributed by atoms with Gasteiger partial charge >= 0.3 is 6.01 Å². The zero-order valence-electron chi connectivity index (χ0n) is 18.8. The molecule has 5 rings (SSSR count). The van der Waals surface area contributed by atoms with Gasteiger partial charge in [0.05, 0.1) is 17.8 Å². The third-order valence-corrected chi connectivity index (χ3v) is 6.16. The maximum Gasteiger partial charge on any atom is 0.321 e. The van der Waals surface area contributed by atoms with Gasteiger partial charge in [-0.1, -0.05) is 23.4 Å². The van der Waals surface area contributed by atoms with E-state index in [0.29, 0.717) is 18.7 Å². The van der Waals surface area contributed by atoms with Crippen molar-refractivity contribution in [1.29, 1.82) is 0 Å². The third-order valence-electron chi connectivity index (χ3n) is 6.16. The van der Waals surface area contributed by atoms with E-state index in [4.69, 9.17) is 4.52 Å². The Hall–Kier alpha value is -4.35. The van der Waals surface area contributed by atoms with Crippen molar-refractivity contribution in [3.63, 3.8) is 0 Å². The predicted molar refractivity (Wildman–Crippen MR) is 122 cm³/mol. The Morgan fingerprint density at radius 1 is 1.11 bits per heavy atom. The Morgan fingerprint density at radius 3 is 2.51 bits per heavy atom. The van der Waals surface area contributed by atoms with Crippen LogP contribution in [0, 0.1) is 5.82 Å². The maximum atomic E-state index is 14.8. The van der Waals surface area contributed by atoms with Crippen LogP contribution in [0.3, 0.4) is 0 Å². The monoisotopic (exact) mass is 479 g/mol. The summed E-state index contributed by atoms with van der Waals surface area (Å²) in [6, 6.07) is 9.04. The van der Waals surface area contributed by atoms with Crippen LogP contribution in [0.2, 0.25) is 0 Å². The number of pyridine rings is 1. The van der Waals surface area contributed by atoms with Gasteiger partial charge in [0.2, 0.25) is 11.6 Å². The molecular formula is C23H22FN7O4. The SMILES string of the molecule is CNc1nc(-c2ncc(F)c3c2NCC3C(=O)C(=O)N2CCN(C(=O)c3ccccc3)CC2)no1. The highest BCUT2D eigenvalue weighted by Crippen LogP contribution is 2.39. The van der Waals surface area contributed by atoms with E-state index in [1.165, 1.54) is 4.90 Å². The molecule has 0 bridgehead atoms. The second-order valence-corrected chi connectivity index (χ2v) is 8.16. The van der Waals surface area contributed by atoms with Crippen LogP contribution in [0.5, 0.6) is 0 Å². The van der Waals surface area contributed by atoms with Crippen molar-refractivity contribution in [3.05, 3.63) is 53.5 Å². The average Bonchev–Trinajstić information content (AvgIpc) is 3.57. The van der Waals surface area contributed by atoms with Crippen molar-refractivity contribution >= 4 is 29.3 Å². The molecule has 0 spiro atoms. The molecule has 11 nitrogen and oxygen atoms in total. The first-order chi connectivity index (χ1) is 17.0. The topological polar surface area (TPSA) is 134 Å². The number of benzene rings is 1. The van der Waals surface area contributed by atoms with Gasteiger partial charge in [-0.3, -0.25) is 14.4 Å². The van der Waals surface area contributed by atoms with E-state index in [9.17, 15) is 18.8 Å². The molecule has 3 aromatic rings. The fraction of sp³-hybridized carbons (Fsp3) is 0.304. The molecule has 180 valence electrons. The first kappa shape index (κ1) is 22.4. The molecule has 4 heterocycles. The second kappa shape index (κ2) is 9.12. The number of anilines is 2. The van der Waals surface area contributed by atoms with Crippen molar-refractivity contribution in [2.24, 2.45) is 0 Å². The fourth-order valence-corrected chi connectivity index (χ4v) is 4.32. The minimum absolute atomic E-state index is 0.0404. The predicted octanol–water partition coefficient (Wildman–Crippen LogP) is 1.38. The number of fused-ring (bicyclic) bond motifs is 1. The number of halogens is 1. The van der Waals surface area contributed by atoms with Crippen LogP contribution < -0.4 is 10.6 Å². The van der Waals surface area contributed by atoms with Gasteiger partial charge in [-0.15, -0.1) is 0 Å². The number of Topliss-reactive ketones (excluding diaryl/α,β-unsaturated/α-hetero) is 1. The average molecular weight is 479 g/mol. The summed E-state index contributed by atoms with van der Waals surface area (Å²) in [5, 5.41) is 9.50. The van der Waals surface area contributed by atoms with Gasteiger partial charge in [-0.25, -0.2) is 9.37 Å². The molecule has 0 saturated carbocycles. The lowest BCUT2D eigenvalue weighted by molar-refractivity contribution is -0.146. The highest BCUT2D eigenvalue weighted by atomic mass is 19.1. The standard InChI is InChI=1S/C23H22FN7O4/c1-25-23-28-20(29-35-23)18-17-16(15(24)12-27-18)14(11-26-17)19(32)22(34)31-9-7-30(8-10-31)21(33)13-5-3-2-4-6-13/h2-6,12,14,26H,7-11H2,1H3,(H,25,28,29). The van der Waals surface area contributed by atoms with Crippen molar-refractivity contribution in [1.82, 2.24) is 24.9 Å². The molecule has 1 saturated heterocycles. The lowest BCUT2D eigenvalue weighted by Crippen LogP contribution is -2.52. The molecule has 2 aliphatic rings. The Balaban J connectivity index is 1.30. The number of nitrogens with one attached hydrogen (secondary N) is 2. The quantitative estimate of drug-likeness (QED) is 0.521. The Kier molecular flexibility index (Phi) is 5.85. The summed E-state index contributed by atoms with van der Waals surface area (Å²) in [7, 11) is 1.61. The van der Waals surface area contributed by atoms with E-state index in [0.717, 1.165) is 6.20 Å². The van der Waals surface area contributed by atoms with Crippen LogP contribution in [0.1, 0.15) is 21.8 Å². The van der Waals surface area contributed by atoms with Crippen molar-refractivity contribution in [3.8, 4) is 11.5 Å². The van der Waals surface area contributed by atoms with Crippen LogP contribution in [0.25, 0.3) is 11.5 Å². The molecule has 2 N–H and O–H groups in total. The number of aromatic nitrogens is 3. The van der Waals surface area contributed by atoms with Gasteiger partial charge in [0.15, 0.2) is 0 Å². The van der Waals surface area contributed by atoms with E-state index < -0.39 is 23.4 Å². The number of hydrogen-bond acceptors (Lipinski definition) is 9. The van der Waals surface area contributed by atoms with Gasteiger partial charge in [-0.2, -0.15) is 4.98 Å². The lowest BCUT2D eigenvalue weighted by Gasteiger charge is -2.34. The van der Waals surface area contributed by atoms with E-state index in [1.54, 1.807) is 36.2 Å². The largest absolute Gasteiger partial charge is 0.382 e. The van der Waals surface area contributed by atoms with Gasteiger partial charge in [0.25, 0.3) is 11.8 Å².